The van der Waals surface area contributed by atoms with Crippen molar-refractivity contribution in [3.05, 3.63) is 24.3 Å². The zero-order valence-electron chi connectivity index (χ0n) is 7.12. The Morgan fingerprint density at radius 3 is 2.42 bits per heavy atom. The molecule has 0 aliphatic carbocycles. The van der Waals surface area contributed by atoms with Gasteiger partial charge in [0.25, 0.3) is 0 Å². The van der Waals surface area contributed by atoms with Crippen LogP contribution in [0.15, 0.2) is 29.2 Å². The Bertz CT molecular complexity index is 268. The van der Waals surface area contributed by atoms with E-state index in [9.17, 15) is 4.21 Å². The van der Waals surface area contributed by atoms with Crippen molar-refractivity contribution in [3.8, 4) is 0 Å². The molecule has 0 aliphatic heterocycles. The number of benzene rings is 1. The van der Waals surface area contributed by atoms with Crippen molar-refractivity contribution in [1.29, 1.82) is 0 Å². The zero-order valence-corrected chi connectivity index (χ0v) is 7.93. The molecule has 0 amide bonds. The molecule has 1 aromatic carbocycles. The average Bonchev–Trinajstić information content (AvgIpc) is 2.06. The van der Waals surface area contributed by atoms with Gasteiger partial charge in [-0.2, -0.15) is 0 Å². The van der Waals surface area contributed by atoms with E-state index in [0.29, 0.717) is 5.69 Å². The highest BCUT2D eigenvalue weighted by atomic mass is 32.2. The van der Waals surface area contributed by atoms with Crippen LogP contribution in [-0.2, 0) is 10.8 Å². The van der Waals surface area contributed by atoms with Gasteiger partial charge in [0.1, 0.15) is 0 Å². The van der Waals surface area contributed by atoms with Crippen molar-refractivity contribution in [2.75, 3.05) is 11.5 Å². The lowest BCUT2D eigenvalue weighted by molar-refractivity contribution is 0.682. The maximum Gasteiger partial charge on any atom is 0.0529 e. The van der Waals surface area contributed by atoms with Crippen LogP contribution in [0.25, 0.3) is 0 Å². The second-order valence-corrected chi connectivity index (χ2v) is 4.19. The summed E-state index contributed by atoms with van der Waals surface area (Å²) in [4.78, 5) is 0.867. The molecule has 0 aromatic heterocycles. The molecule has 0 radical (unpaired) electrons. The van der Waals surface area contributed by atoms with Gasteiger partial charge in [0.2, 0.25) is 0 Å². The lowest BCUT2D eigenvalue weighted by atomic mass is 10.3. The van der Waals surface area contributed by atoms with Gasteiger partial charge in [0.05, 0.1) is 10.8 Å². The van der Waals surface area contributed by atoms with Gasteiger partial charge in [-0.05, 0) is 30.7 Å². The summed E-state index contributed by atoms with van der Waals surface area (Å²) in [5.41, 5.74) is 6.22. The van der Waals surface area contributed by atoms with E-state index >= 15 is 0 Å². The molecule has 66 valence electrons. The minimum atomic E-state index is -0.847. The van der Waals surface area contributed by atoms with Crippen LogP contribution >= 0.6 is 0 Å². The van der Waals surface area contributed by atoms with E-state index in [4.69, 9.17) is 5.73 Å². The molecule has 1 rings (SSSR count). The van der Waals surface area contributed by atoms with Crippen LogP contribution in [0.5, 0.6) is 0 Å². The third kappa shape index (κ3) is 2.34. The van der Waals surface area contributed by atoms with Crippen LogP contribution in [0.4, 0.5) is 5.69 Å². The molecule has 1 unspecified atom stereocenters. The highest BCUT2D eigenvalue weighted by Gasteiger charge is 2.00. The van der Waals surface area contributed by atoms with Gasteiger partial charge in [-0.15, -0.1) is 0 Å². The highest BCUT2D eigenvalue weighted by Crippen LogP contribution is 2.10. The van der Waals surface area contributed by atoms with Crippen molar-refractivity contribution in [1.82, 2.24) is 0 Å². The molecule has 2 N–H and O–H groups in total. The van der Waals surface area contributed by atoms with Crippen LogP contribution in [0.1, 0.15) is 13.3 Å². The monoisotopic (exact) mass is 183 g/mol. The molecule has 0 bridgehead atoms. The minimum absolute atomic E-state index is 0.715. The average molecular weight is 183 g/mol. The number of hydrogen-bond donors (Lipinski definition) is 1. The third-order valence-corrected chi connectivity index (χ3v) is 3.11. The van der Waals surface area contributed by atoms with Gasteiger partial charge in [0.15, 0.2) is 0 Å². The second kappa shape index (κ2) is 4.26. The Balaban J connectivity index is 2.75. The number of nitrogens with two attached hydrogens (primary N) is 1. The first-order valence-electron chi connectivity index (χ1n) is 3.98. The minimum Gasteiger partial charge on any atom is -0.399 e. The normalized spacial score (nSPS) is 12.8. The van der Waals surface area contributed by atoms with E-state index in [1.54, 1.807) is 12.1 Å². The second-order valence-electron chi connectivity index (χ2n) is 2.62. The number of hydrogen-bond acceptors (Lipinski definition) is 2. The topological polar surface area (TPSA) is 43.1 Å². The maximum atomic E-state index is 11.4. The SMILES string of the molecule is CCCS(=O)c1ccc(N)cc1. The van der Waals surface area contributed by atoms with E-state index in [1.807, 2.05) is 19.1 Å². The van der Waals surface area contributed by atoms with E-state index in [-0.39, 0.29) is 0 Å². The summed E-state index contributed by atoms with van der Waals surface area (Å²) in [6, 6.07) is 7.20. The first-order chi connectivity index (χ1) is 5.74. The molecular formula is C9H13NOS. The zero-order chi connectivity index (χ0) is 8.97. The predicted molar refractivity (Wildman–Crippen MR) is 52.4 cm³/mol. The fourth-order valence-electron chi connectivity index (χ4n) is 0.923. The van der Waals surface area contributed by atoms with Gasteiger partial charge in [-0.25, -0.2) is 0 Å². The molecule has 2 nitrogen and oxygen atoms in total. The first kappa shape index (κ1) is 9.26. The highest BCUT2D eigenvalue weighted by molar-refractivity contribution is 7.85. The molecule has 1 atom stereocenters. The van der Waals surface area contributed by atoms with Gasteiger partial charge in [-0.3, -0.25) is 4.21 Å². The smallest absolute Gasteiger partial charge is 0.0529 e. The molecule has 0 aliphatic rings. The largest absolute Gasteiger partial charge is 0.399 e. The van der Waals surface area contributed by atoms with E-state index in [1.165, 1.54) is 0 Å². The summed E-state index contributed by atoms with van der Waals surface area (Å²) in [6.07, 6.45) is 0.941. The number of rotatable bonds is 3. The molecule has 0 saturated carbocycles. The van der Waals surface area contributed by atoms with Crippen LogP contribution in [0.2, 0.25) is 0 Å². The summed E-state index contributed by atoms with van der Waals surface area (Å²) in [5, 5.41) is 0. The van der Waals surface area contributed by atoms with Crippen LogP contribution < -0.4 is 5.73 Å². The quantitative estimate of drug-likeness (QED) is 0.726. The van der Waals surface area contributed by atoms with Crippen LogP contribution in [0, 0.1) is 0 Å². The standard InChI is InChI=1S/C9H13NOS/c1-2-7-12(11)9-5-3-8(10)4-6-9/h3-6H,2,7,10H2,1H3. The molecular weight excluding hydrogens is 170 g/mol. The summed E-state index contributed by atoms with van der Waals surface area (Å²) in [7, 11) is -0.847. The molecule has 0 saturated heterocycles. The van der Waals surface area contributed by atoms with Crippen molar-refractivity contribution >= 4 is 16.5 Å². The maximum absolute atomic E-state index is 11.4. The fraction of sp³-hybridized carbons (Fsp3) is 0.333. The predicted octanol–water partition coefficient (Wildman–Crippen LogP) is 1.79. The Hall–Kier alpha value is -0.830. The van der Waals surface area contributed by atoms with Gasteiger partial charge in [0, 0.05) is 16.3 Å². The Morgan fingerprint density at radius 1 is 1.33 bits per heavy atom. The Labute approximate surface area is 75.2 Å². The van der Waals surface area contributed by atoms with Crippen LogP contribution in [0.3, 0.4) is 0 Å². The third-order valence-electron chi connectivity index (χ3n) is 1.53. The molecule has 0 spiro atoms. The van der Waals surface area contributed by atoms with E-state index in [2.05, 4.69) is 0 Å². The summed E-state index contributed by atoms with van der Waals surface area (Å²) < 4.78 is 11.4. The molecule has 1 aromatic rings. The fourth-order valence-corrected chi connectivity index (χ4v) is 1.97. The van der Waals surface area contributed by atoms with Gasteiger partial charge in [-0.1, -0.05) is 6.92 Å². The van der Waals surface area contributed by atoms with Gasteiger partial charge >= 0.3 is 0 Å². The molecule has 12 heavy (non-hydrogen) atoms. The lowest BCUT2D eigenvalue weighted by Crippen LogP contribution is -1.96. The van der Waals surface area contributed by atoms with Gasteiger partial charge < -0.3 is 5.73 Å². The summed E-state index contributed by atoms with van der Waals surface area (Å²) in [5.74, 6) is 0.726. The van der Waals surface area contributed by atoms with E-state index < -0.39 is 10.8 Å². The summed E-state index contributed by atoms with van der Waals surface area (Å²) >= 11 is 0. The van der Waals surface area contributed by atoms with Crippen molar-refractivity contribution in [3.63, 3.8) is 0 Å². The summed E-state index contributed by atoms with van der Waals surface area (Å²) in [6.45, 7) is 2.02. The number of anilines is 1. The molecule has 0 fully saturated rings. The molecule has 0 heterocycles. The van der Waals surface area contributed by atoms with Crippen molar-refractivity contribution in [2.45, 2.75) is 18.2 Å². The Kier molecular flexibility index (Phi) is 3.29. The lowest BCUT2D eigenvalue weighted by Gasteiger charge is -1.99. The Morgan fingerprint density at radius 2 is 1.92 bits per heavy atom. The van der Waals surface area contributed by atoms with E-state index in [0.717, 1.165) is 17.1 Å². The van der Waals surface area contributed by atoms with Crippen LogP contribution in [-0.4, -0.2) is 9.96 Å². The molecule has 3 heteroatoms. The van der Waals surface area contributed by atoms with Crippen molar-refractivity contribution < 1.29 is 4.21 Å². The van der Waals surface area contributed by atoms with Crippen molar-refractivity contribution in [2.24, 2.45) is 0 Å². The first-order valence-corrected chi connectivity index (χ1v) is 5.30. The number of nitrogen functional groups attached to an aromatic ring is 1.